The van der Waals surface area contributed by atoms with Crippen molar-refractivity contribution in [2.45, 2.75) is 79.5 Å². The maximum Gasteiger partial charge on any atom is 0.384 e. The number of halogens is 2. The number of benzene rings is 8. The van der Waals surface area contributed by atoms with Crippen LogP contribution >= 0.6 is 31.9 Å². The molecule has 5 nitrogen and oxygen atoms in total. The highest BCUT2D eigenvalue weighted by atomic mass is 79.9. The van der Waals surface area contributed by atoms with Gasteiger partial charge in [0.1, 0.15) is 21.9 Å². The van der Waals surface area contributed by atoms with Crippen LogP contribution in [0.5, 0.6) is 0 Å². The minimum Gasteiger partial charge on any atom is -0.466 e. The van der Waals surface area contributed by atoms with E-state index >= 15 is 0 Å². The van der Waals surface area contributed by atoms with Crippen LogP contribution in [0.4, 0.5) is 0 Å². The number of carbonyl (C=O) groups excluding carboxylic acids is 3. The molecule has 0 atom stereocenters. The van der Waals surface area contributed by atoms with E-state index in [4.69, 9.17) is 23.7 Å². The summed E-state index contributed by atoms with van der Waals surface area (Å²) < 4.78 is 16.4. The molecule has 462 valence electrons. The number of alkyl halides is 2. The Hall–Kier alpha value is -9.04. The van der Waals surface area contributed by atoms with E-state index in [2.05, 4.69) is 300 Å². The van der Waals surface area contributed by atoms with Gasteiger partial charge in [0, 0.05) is 47.1 Å². The molecule has 0 bridgehead atoms. The van der Waals surface area contributed by atoms with E-state index in [1.807, 2.05) is 19.1 Å². The molecular formula is C83H78Br2O5Si2. The predicted octanol–water partition coefficient (Wildman–Crippen LogP) is 19.7. The summed E-state index contributed by atoms with van der Waals surface area (Å²) in [5.41, 5.74) is 18.4. The average Bonchev–Trinajstić information content (AvgIpc) is 1.57. The molecule has 0 saturated heterocycles. The van der Waals surface area contributed by atoms with Crippen molar-refractivity contribution in [2.24, 2.45) is 0 Å². The lowest BCUT2D eigenvalue weighted by Gasteiger charge is -2.26. The first-order valence-electron chi connectivity index (χ1n) is 31.4. The number of allylic oxidation sites excluding steroid dienone is 4. The molecule has 8 aromatic carbocycles. The Morgan fingerprint density at radius 3 is 0.957 bits per heavy atom. The third kappa shape index (κ3) is 18.6. The SMILES string of the molecule is BrCCCCBr.C#Cc1ccc(C2=C(c3ccccc3)C(c3ccccc3)=C(c3ccc(C#C)cc3)[Si]2(C)C)cc1.CC#Cc1ccc(C2=C(c3ccccc3)C(c3ccccc3)=C(c3ccc(C#CC(=O)OCCCCOC(C)=O)cc3)[Si]2(C)C)cc1.[2H]CC(C)=O. The maximum absolute atomic E-state index is 12.2. The van der Waals surface area contributed by atoms with Crippen molar-refractivity contribution < 1.29 is 25.2 Å². The van der Waals surface area contributed by atoms with Crippen molar-refractivity contribution in [1.82, 2.24) is 0 Å². The third-order valence-corrected chi connectivity index (χ3v) is 23.7. The van der Waals surface area contributed by atoms with Gasteiger partial charge in [0.2, 0.25) is 0 Å². The summed E-state index contributed by atoms with van der Waals surface area (Å²) in [4.78, 5) is 32.7. The molecule has 2 aliphatic rings. The molecule has 10 rings (SSSR count). The van der Waals surface area contributed by atoms with Gasteiger partial charge in [0.25, 0.3) is 0 Å². The van der Waals surface area contributed by atoms with Crippen LogP contribution in [0.15, 0.2) is 218 Å². The number of Topliss-reactive ketones (excluding diaryl/α,β-unsaturated/α-hetero) is 1. The van der Waals surface area contributed by atoms with E-state index < -0.39 is 22.1 Å². The Bertz CT molecular complexity index is 4090. The van der Waals surface area contributed by atoms with Gasteiger partial charge >= 0.3 is 11.9 Å². The molecule has 9 heteroatoms. The molecule has 0 fully saturated rings. The molecule has 0 aliphatic carbocycles. The summed E-state index contributed by atoms with van der Waals surface area (Å²) in [6.07, 6.45) is 15.1. The van der Waals surface area contributed by atoms with Gasteiger partial charge in [0.05, 0.1) is 13.2 Å². The summed E-state index contributed by atoms with van der Waals surface area (Å²) in [7, 11) is -4.48. The molecular weight excluding hydrogens is 1290 g/mol. The monoisotopic (exact) mass is 1370 g/mol. The van der Waals surface area contributed by atoms with Crippen LogP contribution in [-0.2, 0) is 23.9 Å². The highest BCUT2D eigenvalue weighted by molar-refractivity contribution is 9.09. The first-order chi connectivity index (χ1) is 45.0. The topological polar surface area (TPSA) is 69.7 Å². The van der Waals surface area contributed by atoms with Crippen molar-refractivity contribution in [3.63, 3.8) is 0 Å². The summed E-state index contributed by atoms with van der Waals surface area (Å²) >= 11 is 6.66. The normalized spacial score (nSPS) is 13.3. The second-order valence-corrected chi connectivity index (χ2v) is 33.0. The molecule has 2 heterocycles. The molecule has 0 saturated carbocycles. The van der Waals surface area contributed by atoms with Gasteiger partial charge in [0.15, 0.2) is 0 Å². The van der Waals surface area contributed by atoms with E-state index in [0.29, 0.717) is 19.4 Å². The molecule has 0 amide bonds. The van der Waals surface area contributed by atoms with E-state index in [-0.39, 0.29) is 25.3 Å². The van der Waals surface area contributed by atoms with Crippen molar-refractivity contribution in [1.29, 1.82) is 0 Å². The highest BCUT2D eigenvalue weighted by Crippen LogP contribution is 2.57. The minimum absolute atomic E-state index is 0.0787. The standard InChI is InChI=1S/C42H38O4Si.C34H26Si.C4H8Br2.C3H6O/c1-5-14-32-19-24-36(25-20-32)41-39(34-15-8-6-9-16-34)40(35-17-10-7-11-18-35)42(47(41,3)4)37-26-21-33(22-27-37)23-28-38(44)46-30-13-12-29-45-31(2)43;1-5-25-17-21-29(22-18-25)33-31(27-13-9-7-10-14-27)32(28-15-11-8-12-16-28)34(35(33,3)4)30-23-19-26(6-2)20-24-30;5-3-1-2-4-6;1-3(2)4/h6-11,15-22,24-27H,12-13,29-30H2,1-4H3;1-2,7-24H,3-4H3;1-4H2;1-2H3/i;;;1D. The number of hydrogen-bond donors (Lipinski definition) is 0. The Kier molecular flexibility index (Phi) is 26.2. The lowest BCUT2D eigenvalue weighted by atomic mass is 9.89. The molecule has 0 N–H and O–H groups in total. The Balaban J connectivity index is 0.000000233. The van der Waals surface area contributed by atoms with Gasteiger partial charge in [-0.25, -0.2) is 4.79 Å². The first kappa shape index (κ1) is 68.9. The molecule has 92 heavy (non-hydrogen) atoms. The number of rotatable bonds is 16. The van der Waals surface area contributed by atoms with Gasteiger partial charge in [-0.3, -0.25) is 4.79 Å². The Labute approximate surface area is 566 Å². The number of unbranched alkanes of at least 4 members (excludes halogenated alkanes) is 2. The summed E-state index contributed by atoms with van der Waals surface area (Å²) in [6, 6.07) is 76.8. The summed E-state index contributed by atoms with van der Waals surface area (Å²) in [6.45, 7) is 14.9. The van der Waals surface area contributed by atoms with Gasteiger partial charge in [-0.2, -0.15) is 0 Å². The van der Waals surface area contributed by atoms with E-state index in [1.54, 1.807) is 0 Å². The molecule has 2 aliphatic heterocycles. The third-order valence-electron chi connectivity index (χ3n) is 15.5. The van der Waals surface area contributed by atoms with Crippen molar-refractivity contribution in [3.05, 3.63) is 285 Å². The second kappa shape index (κ2) is 35.0. The second-order valence-electron chi connectivity index (χ2n) is 22.9. The van der Waals surface area contributed by atoms with E-state index in [0.717, 1.165) is 38.5 Å². The summed E-state index contributed by atoms with van der Waals surface area (Å²) in [5.74, 6) is 16.3. The highest BCUT2D eigenvalue weighted by Gasteiger charge is 2.45. The van der Waals surface area contributed by atoms with Crippen molar-refractivity contribution >= 4 is 109 Å². The average molecular weight is 1370 g/mol. The fraction of sp³-hybridized carbons (Fsp3) is 0.193. The van der Waals surface area contributed by atoms with Crippen LogP contribution in [0, 0.1) is 48.4 Å². The molecule has 0 aromatic heterocycles. The number of ketones is 1. The number of terminal acetylenes is 2. The zero-order valence-electron chi connectivity index (χ0n) is 54.6. The van der Waals surface area contributed by atoms with Crippen LogP contribution in [0.25, 0.3) is 43.1 Å². The predicted molar refractivity (Wildman–Crippen MR) is 399 cm³/mol. The summed E-state index contributed by atoms with van der Waals surface area (Å²) in [5, 5.41) is 7.90. The van der Waals surface area contributed by atoms with E-state index in [9.17, 15) is 14.4 Å². The maximum atomic E-state index is 12.2. The zero-order valence-corrected chi connectivity index (χ0v) is 58.8. The minimum atomic E-state index is -2.31. The molecule has 0 radical (unpaired) electrons. The fourth-order valence-corrected chi connectivity index (χ4v) is 20.0. The Morgan fingerprint density at radius 1 is 0.413 bits per heavy atom. The molecule has 0 unspecified atom stereocenters. The largest absolute Gasteiger partial charge is 0.466 e. The van der Waals surface area contributed by atoms with Crippen LogP contribution in [-0.4, -0.2) is 57.7 Å². The first-order valence-corrected chi connectivity index (χ1v) is 39.0. The number of hydrogen-bond acceptors (Lipinski definition) is 5. The van der Waals surface area contributed by atoms with Gasteiger partial charge < -0.3 is 14.3 Å². The van der Waals surface area contributed by atoms with Crippen molar-refractivity contribution in [3.8, 4) is 48.4 Å². The molecule has 0 spiro atoms. The van der Waals surface area contributed by atoms with Gasteiger partial charge in [-0.05, 0) is 183 Å². The lowest BCUT2D eigenvalue weighted by molar-refractivity contribution is -0.142. The van der Waals surface area contributed by atoms with Gasteiger partial charge in [-0.1, -0.05) is 252 Å². The van der Waals surface area contributed by atoms with Crippen LogP contribution < -0.4 is 0 Å². The fourth-order valence-electron chi connectivity index (χ4n) is 11.6. The smallest absolute Gasteiger partial charge is 0.384 e. The quantitative estimate of drug-likeness (QED) is 0.0317. The number of ether oxygens (including phenoxy) is 2. The van der Waals surface area contributed by atoms with Crippen molar-refractivity contribution in [2.75, 3.05) is 23.9 Å². The van der Waals surface area contributed by atoms with Gasteiger partial charge in [-0.15, -0.1) is 18.8 Å². The van der Waals surface area contributed by atoms with Crippen LogP contribution in [0.1, 0.15) is 121 Å². The molecule has 8 aromatic rings. The van der Waals surface area contributed by atoms with E-state index in [1.165, 1.54) is 109 Å². The number of carbonyl (C=O) groups is 3. The Morgan fingerprint density at radius 2 is 0.696 bits per heavy atom. The lowest BCUT2D eigenvalue weighted by Crippen LogP contribution is -2.28. The number of esters is 2. The van der Waals surface area contributed by atoms with Crippen LogP contribution in [0.2, 0.25) is 26.2 Å². The van der Waals surface area contributed by atoms with Crippen LogP contribution in [0.3, 0.4) is 0 Å². The zero-order chi connectivity index (χ0) is 66.8.